The summed E-state index contributed by atoms with van der Waals surface area (Å²) in [5, 5.41) is 3.32. The van der Waals surface area contributed by atoms with Gasteiger partial charge in [-0.3, -0.25) is 9.59 Å². The van der Waals surface area contributed by atoms with Crippen LogP contribution < -0.4 is 5.32 Å². The van der Waals surface area contributed by atoms with Gasteiger partial charge in [-0.1, -0.05) is 75.4 Å². The van der Waals surface area contributed by atoms with Gasteiger partial charge in [0.05, 0.1) is 21.0 Å². The molecule has 10 heteroatoms. The molecule has 0 bridgehead atoms. The third-order valence-corrected chi connectivity index (χ3v) is 8.13. The molecule has 0 radical (unpaired) electrons. The summed E-state index contributed by atoms with van der Waals surface area (Å²) >= 11 is 12.0. The van der Waals surface area contributed by atoms with E-state index in [1.807, 2.05) is 6.92 Å². The second-order valence-corrected chi connectivity index (χ2v) is 11.4. The predicted molar refractivity (Wildman–Crippen MR) is 157 cm³/mol. The first-order valence-electron chi connectivity index (χ1n) is 14.2. The summed E-state index contributed by atoms with van der Waals surface area (Å²) in [5.41, 5.74) is -1.51. The fraction of sp³-hybridized carbons (Fsp3) is 0.548. The van der Waals surface area contributed by atoms with Gasteiger partial charge in [-0.05, 0) is 68.0 Å². The maximum atomic E-state index is 13.4. The largest absolute Gasteiger partial charge is 0.419 e. The Balaban J connectivity index is 0.000000377. The summed E-state index contributed by atoms with van der Waals surface area (Å²) in [5.74, 6) is -1.34. The molecule has 2 aromatic rings. The molecule has 0 aromatic heterocycles. The lowest BCUT2D eigenvalue weighted by Crippen LogP contribution is -2.42. The van der Waals surface area contributed by atoms with Crippen molar-refractivity contribution in [2.24, 2.45) is 0 Å². The lowest BCUT2D eigenvalue weighted by Gasteiger charge is -2.29. The number of carbonyl (C=O) groups is 2. The molecule has 0 saturated carbocycles. The van der Waals surface area contributed by atoms with Crippen LogP contribution in [0.25, 0.3) is 0 Å². The van der Waals surface area contributed by atoms with Crippen molar-refractivity contribution in [1.29, 1.82) is 0 Å². The van der Waals surface area contributed by atoms with E-state index in [-0.39, 0.29) is 18.0 Å². The van der Waals surface area contributed by atoms with E-state index in [0.717, 1.165) is 25.5 Å². The summed E-state index contributed by atoms with van der Waals surface area (Å²) in [4.78, 5) is 26.5. The minimum Gasteiger partial charge on any atom is -0.351 e. The number of halogens is 6. The number of rotatable bonds is 11. The number of hydrogen-bond acceptors (Lipinski definition) is 2. The molecule has 1 N–H and O–H groups in total. The van der Waals surface area contributed by atoms with Crippen molar-refractivity contribution in [2.45, 2.75) is 103 Å². The molecule has 2 amide bonds. The van der Waals surface area contributed by atoms with Gasteiger partial charge in [0, 0.05) is 25.6 Å². The highest BCUT2D eigenvalue weighted by Crippen LogP contribution is 2.35. The summed E-state index contributed by atoms with van der Waals surface area (Å²) in [6.45, 7) is 8.88. The van der Waals surface area contributed by atoms with Gasteiger partial charge >= 0.3 is 6.18 Å². The van der Waals surface area contributed by atoms with E-state index >= 15 is 0 Å². The van der Waals surface area contributed by atoms with Gasteiger partial charge in [0.15, 0.2) is 0 Å². The molecule has 1 atom stereocenters. The van der Waals surface area contributed by atoms with Crippen molar-refractivity contribution in [1.82, 2.24) is 10.2 Å². The monoisotopic (exact) mass is 618 g/mol. The van der Waals surface area contributed by atoms with E-state index in [1.54, 1.807) is 25.1 Å². The van der Waals surface area contributed by atoms with Gasteiger partial charge in [0.1, 0.15) is 5.82 Å². The highest BCUT2D eigenvalue weighted by atomic mass is 35.5. The molecule has 0 aliphatic carbocycles. The van der Waals surface area contributed by atoms with Crippen molar-refractivity contribution >= 4 is 35.0 Å². The molecule has 1 unspecified atom stereocenters. The molecule has 0 spiro atoms. The Bertz CT molecular complexity index is 1170. The quantitative estimate of drug-likeness (QED) is 0.255. The van der Waals surface area contributed by atoms with Gasteiger partial charge < -0.3 is 10.2 Å². The molecule has 1 aliphatic heterocycles. The van der Waals surface area contributed by atoms with Crippen LogP contribution in [0.1, 0.15) is 95.8 Å². The summed E-state index contributed by atoms with van der Waals surface area (Å²) < 4.78 is 52.0. The zero-order valence-corrected chi connectivity index (χ0v) is 25.7. The topological polar surface area (TPSA) is 49.4 Å². The van der Waals surface area contributed by atoms with Crippen LogP contribution in [0.3, 0.4) is 0 Å². The first-order chi connectivity index (χ1) is 19.3. The maximum Gasteiger partial charge on any atom is 0.419 e. The molecule has 228 valence electrons. The van der Waals surface area contributed by atoms with E-state index < -0.39 is 23.0 Å². The van der Waals surface area contributed by atoms with Crippen molar-refractivity contribution < 1.29 is 27.2 Å². The third-order valence-electron chi connectivity index (χ3n) is 7.39. The zero-order valence-electron chi connectivity index (χ0n) is 24.1. The smallest absolute Gasteiger partial charge is 0.351 e. The Hall–Kier alpha value is -2.32. The Labute approximate surface area is 250 Å². The number of nitrogens with one attached hydrogen (secondary N) is 1. The average Bonchev–Trinajstić information content (AvgIpc) is 3.34. The molecular weight excluding hydrogens is 579 g/mol. The summed E-state index contributed by atoms with van der Waals surface area (Å²) in [6, 6.07) is 8.09. The number of alkyl halides is 3. The summed E-state index contributed by atoms with van der Waals surface area (Å²) in [7, 11) is 0. The summed E-state index contributed by atoms with van der Waals surface area (Å²) in [6.07, 6.45) is 2.97. The first kappa shape index (κ1) is 34.9. The van der Waals surface area contributed by atoms with Crippen molar-refractivity contribution in [3.05, 3.63) is 69.0 Å². The van der Waals surface area contributed by atoms with Crippen LogP contribution in [0.5, 0.6) is 0 Å². The van der Waals surface area contributed by atoms with E-state index in [1.165, 1.54) is 31.7 Å². The van der Waals surface area contributed by atoms with Gasteiger partial charge in [0.25, 0.3) is 0 Å². The number of nitrogens with zero attached hydrogens (tertiary/aromatic N) is 1. The molecule has 4 nitrogen and oxygen atoms in total. The van der Waals surface area contributed by atoms with Crippen LogP contribution >= 0.6 is 23.2 Å². The molecule has 2 aromatic carbocycles. The molecule has 1 saturated heterocycles. The van der Waals surface area contributed by atoms with Gasteiger partial charge in [-0.2, -0.15) is 13.2 Å². The Kier molecular flexibility index (Phi) is 13.4. The molecule has 1 fully saturated rings. The number of carbonyl (C=O) groups excluding carboxylic acids is 2. The fourth-order valence-corrected chi connectivity index (χ4v) is 5.48. The van der Waals surface area contributed by atoms with Crippen LogP contribution in [-0.4, -0.2) is 29.3 Å². The number of amides is 2. The minimum absolute atomic E-state index is 0.148. The highest BCUT2D eigenvalue weighted by Gasteiger charge is 2.36. The van der Waals surface area contributed by atoms with E-state index in [0.29, 0.717) is 46.5 Å². The van der Waals surface area contributed by atoms with Crippen molar-refractivity contribution in [3.63, 3.8) is 0 Å². The standard InChI is InChI=1S/C20H19Cl2F4NO.C11H21NO/c1-3-8-19(2,13-5-6-15(21)16(22)10-13)18(28)27-11-12-4-7-17(23)14(9-12)20(24,25)26;1-3-6-10(7-4-2)12-9-5-8-11(12)13/h4-7,9-10H,3,8,11H2,1-2H3,(H,27,28);10H,3-9H2,1-2H3. The Morgan fingerprint density at radius 1 is 1.00 bits per heavy atom. The lowest BCUT2D eigenvalue weighted by molar-refractivity contribution is -0.140. The first-order valence-corrected chi connectivity index (χ1v) is 14.9. The SMILES string of the molecule is CCCC(C)(C(=O)NCc1ccc(F)c(C(F)(F)F)c1)c1ccc(Cl)c(Cl)c1.CCCC(CCC)N1CCCC1=O. The number of likely N-dealkylation sites (tertiary alicyclic amines) is 1. The third kappa shape index (κ3) is 9.60. The Morgan fingerprint density at radius 3 is 2.17 bits per heavy atom. The van der Waals surface area contributed by atoms with Gasteiger partial charge in [0.2, 0.25) is 11.8 Å². The Morgan fingerprint density at radius 2 is 1.66 bits per heavy atom. The minimum atomic E-state index is -4.80. The highest BCUT2D eigenvalue weighted by molar-refractivity contribution is 6.42. The second-order valence-electron chi connectivity index (χ2n) is 10.6. The second kappa shape index (κ2) is 15.8. The van der Waals surface area contributed by atoms with E-state index in [9.17, 15) is 27.2 Å². The molecule has 3 rings (SSSR count). The van der Waals surface area contributed by atoms with Crippen molar-refractivity contribution in [2.75, 3.05) is 6.54 Å². The van der Waals surface area contributed by atoms with Crippen molar-refractivity contribution in [3.8, 4) is 0 Å². The number of hydrogen-bond donors (Lipinski definition) is 1. The maximum absolute atomic E-state index is 13.4. The molecule has 1 heterocycles. The van der Waals surface area contributed by atoms with Crippen LogP contribution in [0.2, 0.25) is 10.0 Å². The molecule has 1 aliphatic rings. The molecular formula is C31H40Cl2F4N2O2. The number of benzene rings is 2. The predicted octanol–water partition coefficient (Wildman–Crippen LogP) is 9.10. The average molecular weight is 620 g/mol. The lowest BCUT2D eigenvalue weighted by atomic mass is 9.77. The van der Waals surface area contributed by atoms with Crippen LogP contribution in [0, 0.1) is 5.82 Å². The van der Waals surface area contributed by atoms with Crippen LogP contribution in [0.15, 0.2) is 36.4 Å². The van der Waals surface area contributed by atoms with Gasteiger partial charge in [-0.25, -0.2) is 4.39 Å². The van der Waals surface area contributed by atoms with Crippen LogP contribution in [-0.2, 0) is 27.7 Å². The van der Waals surface area contributed by atoms with Crippen LogP contribution in [0.4, 0.5) is 17.6 Å². The van der Waals surface area contributed by atoms with E-state index in [2.05, 4.69) is 24.1 Å². The zero-order chi connectivity index (χ0) is 30.8. The van der Waals surface area contributed by atoms with Gasteiger partial charge in [-0.15, -0.1) is 0 Å². The fourth-order valence-electron chi connectivity index (χ4n) is 5.18. The van der Waals surface area contributed by atoms with E-state index in [4.69, 9.17) is 23.2 Å². The normalized spacial score (nSPS) is 15.0. The molecule has 41 heavy (non-hydrogen) atoms.